The SMILES string of the molecule is Clc1ccc(-c2nn3c(Cc4ccccc4)nnc3s2)cc1Cl. The molecule has 7 heteroatoms. The van der Waals surface area contributed by atoms with E-state index in [-0.39, 0.29) is 0 Å². The summed E-state index contributed by atoms with van der Waals surface area (Å²) in [5.41, 5.74) is 2.09. The molecular weight excluding hydrogens is 351 g/mol. The van der Waals surface area contributed by atoms with Crippen molar-refractivity contribution in [2.45, 2.75) is 6.42 Å². The molecule has 2 heterocycles. The minimum absolute atomic E-state index is 0.514. The van der Waals surface area contributed by atoms with Gasteiger partial charge in [0.25, 0.3) is 0 Å². The quantitative estimate of drug-likeness (QED) is 0.529. The number of nitrogens with zero attached hydrogens (tertiary/aromatic N) is 4. The summed E-state index contributed by atoms with van der Waals surface area (Å²) in [6.07, 6.45) is 0.687. The van der Waals surface area contributed by atoms with E-state index < -0.39 is 0 Å². The Morgan fingerprint density at radius 1 is 0.957 bits per heavy atom. The van der Waals surface area contributed by atoms with E-state index in [9.17, 15) is 0 Å². The summed E-state index contributed by atoms with van der Waals surface area (Å²) in [7, 11) is 0. The standard InChI is InChI=1S/C16H10Cl2N4S/c17-12-7-6-11(9-13(12)18)15-21-22-14(19-20-16(22)23-15)8-10-4-2-1-3-5-10/h1-7,9H,8H2. The maximum absolute atomic E-state index is 6.09. The van der Waals surface area contributed by atoms with E-state index in [1.807, 2.05) is 30.3 Å². The molecule has 0 aliphatic heterocycles. The Morgan fingerprint density at radius 2 is 1.78 bits per heavy atom. The van der Waals surface area contributed by atoms with Gasteiger partial charge in [0, 0.05) is 12.0 Å². The minimum Gasteiger partial charge on any atom is -0.187 e. The van der Waals surface area contributed by atoms with Crippen LogP contribution in [0.5, 0.6) is 0 Å². The van der Waals surface area contributed by atoms with Crippen LogP contribution in [0, 0.1) is 0 Å². The van der Waals surface area contributed by atoms with Crippen molar-refractivity contribution < 1.29 is 0 Å². The first-order valence-electron chi connectivity index (χ1n) is 6.91. The first kappa shape index (κ1) is 14.6. The van der Waals surface area contributed by atoms with Crippen LogP contribution < -0.4 is 0 Å². The zero-order valence-electron chi connectivity index (χ0n) is 11.8. The summed E-state index contributed by atoms with van der Waals surface area (Å²) < 4.78 is 1.79. The number of hydrogen-bond acceptors (Lipinski definition) is 4. The van der Waals surface area contributed by atoms with Crippen LogP contribution in [-0.4, -0.2) is 19.8 Å². The van der Waals surface area contributed by atoms with Gasteiger partial charge in [-0.2, -0.15) is 9.61 Å². The fraction of sp³-hybridized carbons (Fsp3) is 0.0625. The summed E-state index contributed by atoms with van der Waals surface area (Å²) in [4.78, 5) is 0.761. The molecule has 0 aliphatic carbocycles. The molecule has 0 saturated heterocycles. The Labute approximate surface area is 146 Å². The normalized spacial score (nSPS) is 11.2. The highest BCUT2D eigenvalue weighted by Gasteiger charge is 2.14. The monoisotopic (exact) mass is 360 g/mol. The van der Waals surface area contributed by atoms with Crippen molar-refractivity contribution in [2.75, 3.05) is 0 Å². The van der Waals surface area contributed by atoms with Crippen LogP contribution in [0.1, 0.15) is 11.4 Å². The largest absolute Gasteiger partial charge is 0.234 e. The highest BCUT2D eigenvalue weighted by Crippen LogP contribution is 2.31. The fourth-order valence-corrected chi connectivity index (χ4v) is 3.44. The first-order valence-corrected chi connectivity index (χ1v) is 8.48. The summed E-state index contributed by atoms with van der Waals surface area (Å²) in [6, 6.07) is 15.6. The van der Waals surface area contributed by atoms with Gasteiger partial charge in [-0.05, 0) is 17.7 Å². The van der Waals surface area contributed by atoms with Crippen molar-refractivity contribution in [3.8, 4) is 10.6 Å². The molecule has 0 spiro atoms. The van der Waals surface area contributed by atoms with Crippen molar-refractivity contribution >= 4 is 39.5 Å². The number of aromatic nitrogens is 4. The van der Waals surface area contributed by atoms with Gasteiger partial charge in [-0.3, -0.25) is 0 Å². The van der Waals surface area contributed by atoms with Crippen molar-refractivity contribution in [3.63, 3.8) is 0 Å². The Balaban J connectivity index is 1.72. The van der Waals surface area contributed by atoms with Gasteiger partial charge in [0.2, 0.25) is 4.96 Å². The lowest BCUT2D eigenvalue weighted by molar-refractivity contribution is 0.854. The van der Waals surface area contributed by atoms with Gasteiger partial charge in [-0.15, -0.1) is 10.2 Å². The van der Waals surface area contributed by atoms with Crippen LogP contribution in [0.3, 0.4) is 0 Å². The van der Waals surface area contributed by atoms with Gasteiger partial charge in [0.15, 0.2) is 5.82 Å². The zero-order valence-corrected chi connectivity index (χ0v) is 14.1. The van der Waals surface area contributed by atoms with Crippen molar-refractivity contribution in [1.29, 1.82) is 0 Å². The first-order chi connectivity index (χ1) is 11.2. The molecule has 0 aliphatic rings. The average Bonchev–Trinajstić information content (AvgIpc) is 3.13. The second kappa shape index (κ2) is 5.92. The molecule has 114 valence electrons. The van der Waals surface area contributed by atoms with Gasteiger partial charge >= 0.3 is 0 Å². The minimum atomic E-state index is 0.514. The molecule has 0 fully saturated rings. The molecule has 0 amide bonds. The number of fused-ring (bicyclic) bond motifs is 1. The third-order valence-corrected chi connectivity index (χ3v) is 5.11. The number of hydrogen-bond donors (Lipinski definition) is 0. The lowest BCUT2D eigenvalue weighted by atomic mass is 10.1. The third-order valence-electron chi connectivity index (χ3n) is 3.43. The smallest absolute Gasteiger partial charge is 0.187 e. The number of rotatable bonds is 3. The third kappa shape index (κ3) is 2.83. The van der Waals surface area contributed by atoms with Crippen LogP contribution in [0.15, 0.2) is 48.5 Å². The Hall–Kier alpha value is -1.95. The molecule has 0 unspecified atom stereocenters. The highest BCUT2D eigenvalue weighted by atomic mass is 35.5. The number of benzene rings is 2. The van der Waals surface area contributed by atoms with E-state index in [4.69, 9.17) is 23.2 Å². The lowest BCUT2D eigenvalue weighted by Gasteiger charge is -1.99. The lowest BCUT2D eigenvalue weighted by Crippen LogP contribution is -1.97. The molecular formula is C16H10Cl2N4S. The van der Waals surface area contributed by atoms with Gasteiger partial charge in [-0.25, -0.2) is 0 Å². The summed E-state index contributed by atoms with van der Waals surface area (Å²) in [5, 5.41) is 14.9. The van der Waals surface area contributed by atoms with E-state index in [2.05, 4.69) is 27.4 Å². The van der Waals surface area contributed by atoms with E-state index in [1.54, 1.807) is 10.6 Å². The summed E-state index contributed by atoms with van der Waals surface area (Å²) in [5.74, 6) is 0.814. The fourth-order valence-electron chi connectivity index (χ4n) is 2.29. The average molecular weight is 361 g/mol. The molecule has 23 heavy (non-hydrogen) atoms. The van der Waals surface area contributed by atoms with Crippen molar-refractivity contribution in [1.82, 2.24) is 19.8 Å². The van der Waals surface area contributed by atoms with E-state index in [1.165, 1.54) is 16.9 Å². The summed E-state index contributed by atoms with van der Waals surface area (Å²) >= 11 is 13.5. The Bertz CT molecular complexity index is 978. The molecule has 0 saturated carbocycles. The van der Waals surface area contributed by atoms with Gasteiger partial charge < -0.3 is 0 Å². The van der Waals surface area contributed by atoms with Gasteiger partial charge in [0.05, 0.1) is 10.0 Å². The predicted molar refractivity (Wildman–Crippen MR) is 93.4 cm³/mol. The topological polar surface area (TPSA) is 43.1 Å². The van der Waals surface area contributed by atoms with Crippen LogP contribution >= 0.6 is 34.5 Å². The molecule has 2 aromatic carbocycles. The molecule has 2 aromatic heterocycles. The highest BCUT2D eigenvalue weighted by molar-refractivity contribution is 7.19. The predicted octanol–water partition coefficient (Wildman–Crippen LogP) is 4.75. The van der Waals surface area contributed by atoms with E-state index in [0.29, 0.717) is 16.5 Å². The molecule has 4 rings (SSSR count). The van der Waals surface area contributed by atoms with Crippen LogP contribution in [0.2, 0.25) is 10.0 Å². The number of halogens is 2. The Morgan fingerprint density at radius 3 is 2.57 bits per heavy atom. The van der Waals surface area contributed by atoms with Crippen molar-refractivity contribution in [3.05, 3.63) is 70.0 Å². The molecule has 0 radical (unpaired) electrons. The molecule has 4 aromatic rings. The van der Waals surface area contributed by atoms with Gasteiger partial charge in [-0.1, -0.05) is 70.9 Å². The maximum atomic E-state index is 6.09. The second-order valence-electron chi connectivity index (χ2n) is 5.01. The summed E-state index contributed by atoms with van der Waals surface area (Å²) in [6.45, 7) is 0. The molecule has 0 atom stereocenters. The van der Waals surface area contributed by atoms with Gasteiger partial charge in [0.1, 0.15) is 5.01 Å². The van der Waals surface area contributed by atoms with Crippen molar-refractivity contribution in [2.24, 2.45) is 0 Å². The Kier molecular flexibility index (Phi) is 3.77. The van der Waals surface area contributed by atoms with Crippen LogP contribution in [0.25, 0.3) is 15.5 Å². The van der Waals surface area contributed by atoms with E-state index >= 15 is 0 Å². The maximum Gasteiger partial charge on any atom is 0.234 e. The second-order valence-corrected chi connectivity index (χ2v) is 6.78. The molecule has 4 nitrogen and oxygen atoms in total. The molecule has 0 bridgehead atoms. The molecule has 0 N–H and O–H groups in total. The van der Waals surface area contributed by atoms with Crippen LogP contribution in [0.4, 0.5) is 0 Å². The van der Waals surface area contributed by atoms with Crippen LogP contribution in [-0.2, 0) is 6.42 Å². The zero-order chi connectivity index (χ0) is 15.8. The van der Waals surface area contributed by atoms with E-state index in [0.717, 1.165) is 21.4 Å².